The van der Waals surface area contributed by atoms with Crippen molar-refractivity contribution in [3.8, 4) is 0 Å². The third kappa shape index (κ3) is 3.07. The molecule has 0 heterocycles. The summed E-state index contributed by atoms with van der Waals surface area (Å²) >= 11 is 0. The minimum Gasteiger partial charge on any atom is -0.280 e. The number of rotatable bonds is 3. The Balaban J connectivity index is 1.73. The molecule has 0 atom stereocenters. The van der Waals surface area contributed by atoms with Crippen LogP contribution in [0.4, 0.5) is 0 Å². The van der Waals surface area contributed by atoms with Crippen LogP contribution in [0.2, 0.25) is 0 Å². The molecule has 0 unspecified atom stereocenters. The Morgan fingerprint density at radius 1 is 0.750 bits per heavy atom. The summed E-state index contributed by atoms with van der Waals surface area (Å²) in [6, 6.07) is 29.5. The molecule has 0 bridgehead atoms. The number of hydrogen-bond acceptors (Lipinski definition) is 1. The van der Waals surface area contributed by atoms with Gasteiger partial charge in [0.05, 0.1) is 12.3 Å². The van der Waals surface area contributed by atoms with Crippen LogP contribution in [0.3, 0.4) is 0 Å². The highest BCUT2D eigenvalue weighted by atomic mass is 14.7. The van der Waals surface area contributed by atoms with E-state index >= 15 is 0 Å². The van der Waals surface area contributed by atoms with Gasteiger partial charge in [-0.1, -0.05) is 84.9 Å². The summed E-state index contributed by atoms with van der Waals surface area (Å²) < 4.78 is 0. The van der Waals surface area contributed by atoms with E-state index < -0.39 is 0 Å². The molecule has 0 N–H and O–H groups in total. The highest BCUT2D eigenvalue weighted by Crippen LogP contribution is 2.29. The molecule has 0 fully saturated rings. The summed E-state index contributed by atoms with van der Waals surface area (Å²) in [7, 11) is 0. The predicted molar refractivity (Wildman–Crippen MR) is 101 cm³/mol. The summed E-state index contributed by atoms with van der Waals surface area (Å²) in [5.41, 5.74) is 7.56. The fraction of sp³-hybridized carbons (Fsp3) is 0.0870. The van der Waals surface area contributed by atoms with E-state index in [1.165, 1.54) is 27.8 Å². The lowest BCUT2D eigenvalue weighted by molar-refractivity contribution is 1.07. The van der Waals surface area contributed by atoms with Gasteiger partial charge < -0.3 is 0 Å². The van der Waals surface area contributed by atoms with Crippen LogP contribution in [0.1, 0.15) is 22.3 Å². The van der Waals surface area contributed by atoms with Crippen LogP contribution in [-0.2, 0) is 13.0 Å². The molecule has 4 rings (SSSR count). The first-order valence-corrected chi connectivity index (χ1v) is 8.33. The van der Waals surface area contributed by atoms with Crippen molar-refractivity contribution in [2.75, 3.05) is 0 Å². The summed E-state index contributed by atoms with van der Waals surface area (Å²) in [5.74, 6) is 0. The van der Waals surface area contributed by atoms with Crippen LogP contribution in [-0.4, -0.2) is 5.71 Å². The quantitative estimate of drug-likeness (QED) is 0.621. The lowest BCUT2D eigenvalue weighted by Crippen LogP contribution is -1.99. The molecule has 0 saturated carbocycles. The second-order valence-corrected chi connectivity index (χ2v) is 6.06. The van der Waals surface area contributed by atoms with Gasteiger partial charge in [-0.3, -0.25) is 4.99 Å². The SMILES string of the molecule is C(=C1/Cc2ccccc2C1=NCc1ccccc1)/c1ccccc1. The molecular formula is C23H19N. The van der Waals surface area contributed by atoms with Gasteiger partial charge in [0, 0.05) is 12.0 Å². The molecule has 1 nitrogen and oxygen atoms in total. The normalized spacial score (nSPS) is 16.5. The minimum atomic E-state index is 0.719. The molecule has 0 amide bonds. The Bertz CT molecular complexity index is 890. The monoisotopic (exact) mass is 309 g/mol. The second kappa shape index (κ2) is 6.67. The van der Waals surface area contributed by atoms with E-state index in [-0.39, 0.29) is 0 Å². The molecular weight excluding hydrogens is 290 g/mol. The van der Waals surface area contributed by atoms with E-state index in [0.717, 1.165) is 18.7 Å². The van der Waals surface area contributed by atoms with Gasteiger partial charge in [-0.2, -0.15) is 0 Å². The Morgan fingerprint density at radius 2 is 1.42 bits per heavy atom. The number of allylic oxidation sites excluding steroid dienone is 1. The average molecular weight is 309 g/mol. The predicted octanol–water partition coefficient (Wildman–Crippen LogP) is 5.32. The van der Waals surface area contributed by atoms with Crippen molar-refractivity contribution in [3.63, 3.8) is 0 Å². The smallest absolute Gasteiger partial charge is 0.0689 e. The van der Waals surface area contributed by atoms with Crippen LogP contribution in [0.5, 0.6) is 0 Å². The second-order valence-electron chi connectivity index (χ2n) is 6.06. The first kappa shape index (κ1) is 14.6. The number of aliphatic imine (C=N–C) groups is 1. The maximum atomic E-state index is 4.96. The molecule has 0 aliphatic heterocycles. The first-order chi connectivity index (χ1) is 11.9. The zero-order valence-corrected chi connectivity index (χ0v) is 13.5. The van der Waals surface area contributed by atoms with Crippen molar-refractivity contribution in [2.24, 2.45) is 4.99 Å². The Morgan fingerprint density at radius 3 is 2.21 bits per heavy atom. The van der Waals surface area contributed by atoms with Crippen LogP contribution in [0.15, 0.2) is 95.5 Å². The molecule has 1 aliphatic rings. The fourth-order valence-electron chi connectivity index (χ4n) is 3.18. The Kier molecular flexibility index (Phi) is 4.07. The van der Waals surface area contributed by atoms with E-state index in [2.05, 4.69) is 84.9 Å². The van der Waals surface area contributed by atoms with Gasteiger partial charge in [-0.15, -0.1) is 0 Å². The van der Waals surface area contributed by atoms with Crippen molar-refractivity contribution in [1.82, 2.24) is 0 Å². The van der Waals surface area contributed by atoms with Crippen molar-refractivity contribution in [2.45, 2.75) is 13.0 Å². The number of benzene rings is 3. The van der Waals surface area contributed by atoms with Crippen molar-refractivity contribution >= 4 is 11.8 Å². The van der Waals surface area contributed by atoms with Crippen LogP contribution >= 0.6 is 0 Å². The van der Waals surface area contributed by atoms with Gasteiger partial charge in [0.25, 0.3) is 0 Å². The van der Waals surface area contributed by atoms with Crippen LogP contribution in [0, 0.1) is 0 Å². The van der Waals surface area contributed by atoms with Crippen LogP contribution < -0.4 is 0 Å². The van der Waals surface area contributed by atoms with Crippen molar-refractivity contribution in [1.29, 1.82) is 0 Å². The molecule has 0 radical (unpaired) electrons. The summed E-state index contributed by atoms with van der Waals surface area (Å²) in [5, 5.41) is 0. The van der Waals surface area contributed by atoms with E-state index in [1.54, 1.807) is 0 Å². The molecule has 116 valence electrons. The molecule has 1 aliphatic carbocycles. The van der Waals surface area contributed by atoms with Gasteiger partial charge in [0.15, 0.2) is 0 Å². The first-order valence-electron chi connectivity index (χ1n) is 8.33. The maximum Gasteiger partial charge on any atom is 0.0689 e. The standard InChI is InChI=1S/C23H19N/c1-3-9-18(10-4-1)15-21-16-20-13-7-8-14-22(20)23(21)24-17-19-11-5-2-6-12-19/h1-15H,16-17H2/b21-15+,24-23?. The van der Waals surface area contributed by atoms with E-state index in [1.807, 2.05) is 6.07 Å². The molecule has 0 aromatic heterocycles. The highest BCUT2D eigenvalue weighted by Gasteiger charge is 2.22. The third-order valence-corrected chi connectivity index (χ3v) is 4.36. The van der Waals surface area contributed by atoms with Crippen molar-refractivity contribution < 1.29 is 0 Å². The van der Waals surface area contributed by atoms with Gasteiger partial charge in [0.2, 0.25) is 0 Å². The summed E-state index contributed by atoms with van der Waals surface area (Å²) in [6.07, 6.45) is 3.22. The van der Waals surface area contributed by atoms with Gasteiger partial charge >= 0.3 is 0 Å². The number of fused-ring (bicyclic) bond motifs is 1. The lowest BCUT2D eigenvalue weighted by Gasteiger charge is -2.04. The lowest BCUT2D eigenvalue weighted by atomic mass is 10.1. The maximum absolute atomic E-state index is 4.96. The number of hydrogen-bond donors (Lipinski definition) is 0. The molecule has 0 saturated heterocycles. The molecule has 3 aromatic rings. The number of nitrogens with zero attached hydrogens (tertiary/aromatic N) is 1. The fourth-order valence-corrected chi connectivity index (χ4v) is 3.18. The van der Waals surface area contributed by atoms with E-state index in [9.17, 15) is 0 Å². The topological polar surface area (TPSA) is 12.4 Å². The average Bonchev–Trinajstić information content (AvgIpc) is 2.99. The molecule has 3 aromatic carbocycles. The summed E-state index contributed by atoms with van der Waals surface area (Å²) in [4.78, 5) is 4.96. The molecule has 1 heteroatoms. The minimum absolute atomic E-state index is 0.719. The molecule has 24 heavy (non-hydrogen) atoms. The van der Waals surface area contributed by atoms with Crippen LogP contribution in [0.25, 0.3) is 6.08 Å². The largest absolute Gasteiger partial charge is 0.280 e. The highest BCUT2D eigenvalue weighted by molar-refractivity contribution is 6.18. The zero-order valence-electron chi connectivity index (χ0n) is 13.5. The van der Waals surface area contributed by atoms with E-state index in [4.69, 9.17) is 4.99 Å². The summed E-state index contributed by atoms with van der Waals surface area (Å²) in [6.45, 7) is 0.719. The third-order valence-electron chi connectivity index (χ3n) is 4.36. The van der Waals surface area contributed by atoms with Crippen molar-refractivity contribution in [3.05, 3.63) is 113 Å². The van der Waals surface area contributed by atoms with Gasteiger partial charge in [-0.25, -0.2) is 0 Å². The Hall–Kier alpha value is -2.93. The van der Waals surface area contributed by atoms with Gasteiger partial charge in [-0.05, 0) is 28.3 Å². The van der Waals surface area contributed by atoms with E-state index in [0.29, 0.717) is 0 Å². The Labute approximate surface area is 143 Å². The van der Waals surface area contributed by atoms with Gasteiger partial charge in [0.1, 0.15) is 0 Å². The molecule has 0 spiro atoms. The zero-order chi connectivity index (χ0) is 16.2.